The Kier molecular flexibility index (Phi) is 5.11. The topological polar surface area (TPSA) is 66.4 Å². The number of halogens is 2. The molecule has 0 unspecified atom stereocenters. The van der Waals surface area contributed by atoms with E-state index in [0.29, 0.717) is 0 Å². The molecule has 2 N–H and O–H groups in total. The first kappa shape index (κ1) is 16.0. The molecule has 0 aromatic heterocycles. The van der Waals surface area contributed by atoms with Crippen molar-refractivity contribution in [2.24, 2.45) is 0 Å². The van der Waals surface area contributed by atoms with Crippen molar-refractivity contribution in [3.05, 3.63) is 65.2 Å². The van der Waals surface area contributed by atoms with E-state index in [4.69, 9.17) is 5.11 Å². The van der Waals surface area contributed by atoms with E-state index in [9.17, 15) is 18.4 Å². The first-order valence-electron chi connectivity index (χ1n) is 6.17. The Labute approximate surface area is 129 Å². The minimum absolute atomic E-state index is 0.00713. The Bertz CT molecular complexity index is 722. The molecule has 0 atom stereocenters. The number of thioether (sulfide) groups is 1. The molecule has 4 nitrogen and oxygen atoms in total. The number of hydrogen-bond donors (Lipinski definition) is 2. The molecule has 1 amide bonds. The number of nitrogens with one attached hydrogen (secondary N) is 1. The molecule has 114 valence electrons. The fourth-order valence-electron chi connectivity index (χ4n) is 1.71. The van der Waals surface area contributed by atoms with Crippen LogP contribution in [0, 0.1) is 11.6 Å². The summed E-state index contributed by atoms with van der Waals surface area (Å²) in [6.07, 6.45) is 0. The number of benzene rings is 2. The Hall–Kier alpha value is -2.41. The van der Waals surface area contributed by atoms with Gasteiger partial charge in [0.25, 0.3) is 5.24 Å². The Balaban J connectivity index is 2.00. The van der Waals surface area contributed by atoms with Crippen molar-refractivity contribution >= 4 is 28.7 Å². The zero-order valence-electron chi connectivity index (χ0n) is 11.2. The fraction of sp³-hybridized carbons (Fsp3) is 0.0667. The molecule has 0 fully saturated rings. The van der Waals surface area contributed by atoms with Crippen LogP contribution in [0.2, 0.25) is 0 Å². The van der Waals surface area contributed by atoms with Crippen LogP contribution in [0.1, 0.15) is 15.9 Å². The highest BCUT2D eigenvalue weighted by atomic mass is 32.2. The molecule has 0 saturated heterocycles. The van der Waals surface area contributed by atoms with Crippen molar-refractivity contribution < 1.29 is 23.5 Å². The summed E-state index contributed by atoms with van der Waals surface area (Å²) >= 11 is 0.759. The molecule has 0 aliphatic heterocycles. The number of carboxylic acid groups (broad SMARTS) is 1. The SMILES string of the molecule is O=C(Nc1ccccc1C(=O)O)SCc1ccc(F)cc1F. The number of aromatic carboxylic acids is 1. The van der Waals surface area contributed by atoms with E-state index in [-0.39, 0.29) is 22.6 Å². The van der Waals surface area contributed by atoms with Gasteiger partial charge in [-0.05, 0) is 23.8 Å². The minimum Gasteiger partial charge on any atom is -0.478 e. The number of carboxylic acids is 1. The van der Waals surface area contributed by atoms with Gasteiger partial charge in [0.15, 0.2) is 0 Å². The predicted octanol–water partition coefficient (Wildman–Crippen LogP) is 4.13. The third-order valence-corrected chi connectivity index (χ3v) is 3.59. The maximum absolute atomic E-state index is 13.4. The van der Waals surface area contributed by atoms with E-state index in [1.807, 2.05) is 0 Å². The highest BCUT2D eigenvalue weighted by molar-refractivity contribution is 8.13. The van der Waals surface area contributed by atoms with E-state index in [2.05, 4.69) is 5.32 Å². The summed E-state index contributed by atoms with van der Waals surface area (Å²) in [7, 11) is 0. The van der Waals surface area contributed by atoms with E-state index >= 15 is 0 Å². The predicted molar refractivity (Wildman–Crippen MR) is 80.1 cm³/mol. The lowest BCUT2D eigenvalue weighted by atomic mass is 10.2. The first-order chi connectivity index (χ1) is 10.5. The molecule has 0 spiro atoms. The van der Waals surface area contributed by atoms with Gasteiger partial charge in [0.1, 0.15) is 11.6 Å². The number of amides is 1. The molecule has 0 bridgehead atoms. The largest absolute Gasteiger partial charge is 0.478 e. The van der Waals surface area contributed by atoms with Crippen LogP contribution in [0.25, 0.3) is 0 Å². The van der Waals surface area contributed by atoms with Crippen molar-refractivity contribution in [2.45, 2.75) is 5.75 Å². The van der Waals surface area contributed by atoms with Gasteiger partial charge < -0.3 is 10.4 Å². The number of rotatable bonds is 4. The highest BCUT2D eigenvalue weighted by Crippen LogP contribution is 2.21. The van der Waals surface area contributed by atoms with Gasteiger partial charge in [-0.1, -0.05) is 30.0 Å². The van der Waals surface area contributed by atoms with Crippen molar-refractivity contribution in [1.82, 2.24) is 0 Å². The maximum Gasteiger partial charge on any atom is 0.337 e. The van der Waals surface area contributed by atoms with Gasteiger partial charge in [0.05, 0.1) is 11.3 Å². The van der Waals surface area contributed by atoms with Crippen LogP contribution in [0.5, 0.6) is 0 Å². The second kappa shape index (κ2) is 7.04. The number of carbonyl (C=O) groups is 2. The summed E-state index contributed by atoms with van der Waals surface area (Å²) in [5.74, 6) is -2.57. The van der Waals surface area contributed by atoms with Gasteiger partial charge in [0.2, 0.25) is 0 Å². The molecule has 7 heteroatoms. The maximum atomic E-state index is 13.4. The van der Waals surface area contributed by atoms with Crippen LogP contribution in [0.3, 0.4) is 0 Å². The number of para-hydroxylation sites is 1. The Morgan fingerprint density at radius 1 is 1.14 bits per heavy atom. The van der Waals surface area contributed by atoms with Crippen molar-refractivity contribution in [3.63, 3.8) is 0 Å². The summed E-state index contributed by atoms with van der Waals surface area (Å²) in [5.41, 5.74) is 0.310. The summed E-state index contributed by atoms with van der Waals surface area (Å²) in [4.78, 5) is 22.8. The van der Waals surface area contributed by atoms with Crippen LogP contribution in [0.4, 0.5) is 19.3 Å². The van der Waals surface area contributed by atoms with Crippen molar-refractivity contribution in [1.29, 1.82) is 0 Å². The Morgan fingerprint density at radius 2 is 1.86 bits per heavy atom. The zero-order valence-corrected chi connectivity index (χ0v) is 12.0. The summed E-state index contributed by atoms with van der Waals surface area (Å²) in [6, 6.07) is 9.06. The standard InChI is InChI=1S/C15H11F2NO3S/c16-10-6-5-9(12(17)7-10)8-22-15(21)18-13-4-2-1-3-11(13)14(19)20/h1-7H,8H2,(H,18,21)(H,19,20). The molecule has 2 aromatic carbocycles. The number of anilines is 1. The average molecular weight is 323 g/mol. The van der Waals surface area contributed by atoms with Crippen LogP contribution >= 0.6 is 11.8 Å². The molecule has 0 heterocycles. The second-order valence-electron chi connectivity index (χ2n) is 4.29. The summed E-state index contributed by atoms with van der Waals surface area (Å²) in [5, 5.41) is 10.9. The van der Waals surface area contributed by atoms with Crippen LogP contribution < -0.4 is 5.32 Å². The van der Waals surface area contributed by atoms with E-state index in [0.717, 1.165) is 23.9 Å². The smallest absolute Gasteiger partial charge is 0.337 e. The number of carbonyl (C=O) groups excluding carboxylic acids is 1. The van der Waals surface area contributed by atoms with Crippen LogP contribution in [0.15, 0.2) is 42.5 Å². The lowest BCUT2D eigenvalue weighted by molar-refractivity contribution is 0.0698. The molecular weight excluding hydrogens is 312 g/mol. The third-order valence-electron chi connectivity index (χ3n) is 2.77. The Morgan fingerprint density at radius 3 is 2.55 bits per heavy atom. The van der Waals surface area contributed by atoms with Crippen molar-refractivity contribution in [2.75, 3.05) is 5.32 Å². The first-order valence-corrected chi connectivity index (χ1v) is 7.16. The fourth-order valence-corrected chi connectivity index (χ4v) is 2.41. The number of hydrogen-bond acceptors (Lipinski definition) is 3. The van der Waals surface area contributed by atoms with Gasteiger partial charge in [-0.2, -0.15) is 0 Å². The van der Waals surface area contributed by atoms with Crippen LogP contribution in [-0.2, 0) is 5.75 Å². The molecule has 0 aliphatic rings. The lowest BCUT2D eigenvalue weighted by Gasteiger charge is -2.08. The van der Waals surface area contributed by atoms with E-state index in [1.165, 1.54) is 18.2 Å². The van der Waals surface area contributed by atoms with Crippen LogP contribution in [-0.4, -0.2) is 16.3 Å². The molecule has 0 aliphatic carbocycles. The van der Waals surface area contributed by atoms with Gasteiger partial charge in [-0.3, -0.25) is 4.79 Å². The van der Waals surface area contributed by atoms with Gasteiger partial charge in [0, 0.05) is 11.8 Å². The normalized spacial score (nSPS) is 10.3. The molecule has 22 heavy (non-hydrogen) atoms. The molecule has 2 rings (SSSR count). The van der Waals surface area contributed by atoms with Gasteiger partial charge >= 0.3 is 5.97 Å². The lowest BCUT2D eigenvalue weighted by Crippen LogP contribution is -2.10. The minimum atomic E-state index is -1.16. The monoisotopic (exact) mass is 323 g/mol. The van der Waals surface area contributed by atoms with E-state index in [1.54, 1.807) is 12.1 Å². The molecule has 0 saturated carbocycles. The molecule has 2 aromatic rings. The van der Waals surface area contributed by atoms with Gasteiger partial charge in [-0.15, -0.1) is 0 Å². The van der Waals surface area contributed by atoms with E-state index < -0.39 is 22.8 Å². The molecule has 0 radical (unpaired) electrons. The third kappa shape index (κ3) is 4.05. The second-order valence-corrected chi connectivity index (χ2v) is 5.24. The summed E-state index contributed by atoms with van der Waals surface area (Å²) in [6.45, 7) is 0. The summed E-state index contributed by atoms with van der Waals surface area (Å²) < 4.78 is 26.2. The zero-order chi connectivity index (χ0) is 16.1. The molecular formula is C15H11F2NO3S. The van der Waals surface area contributed by atoms with Gasteiger partial charge in [-0.25, -0.2) is 13.6 Å². The quantitative estimate of drug-likeness (QED) is 0.888. The highest BCUT2D eigenvalue weighted by Gasteiger charge is 2.13. The van der Waals surface area contributed by atoms with Crippen molar-refractivity contribution in [3.8, 4) is 0 Å². The average Bonchev–Trinajstić information content (AvgIpc) is 2.46.